The molecule has 0 saturated heterocycles. The molecular weight excluding hydrogens is 269 g/mol. The summed E-state index contributed by atoms with van der Waals surface area (Å²) in [6, 6.07) is 3.39. The number of carbonyl (C=O) groups excluding carboxylic acids is 1. The van der Waals surface area contributed by atoms with Gasteiger partial charge in [0, 0.05) is 13.0 Å². The maximum Gasteiger partial charge on any atom is 0.219 e. The van der Waals surface area contributed by atoms with E-state index >= 15 is 0 Å². The van der Waals surface area contributed by atoms with Crippen LogP contribution in [0.15, 0.2) is 24.8 Å². The average Bonchev–Trinajstić information content (AvgIpc) is 2.86. The van der Waals surface area contributed by atoms with E-state index < -0.39 is 0 Å². The molecular formula is C17H22FNO2. The molecule has 0 bridgehead atoms. The quantitative estimate of drug-likeness (QED) is 0.783. The van der Waals surface area contributed by atoms with Crippen LogP contribution in [0.2, 0.25) is 0 Å². The van der Waals surface area contributed by atoms with E-state index in [0.717, 1.165) is 30.4 Å². The van der Waals surface area contributed by atoms with E-state index in [4.69, 9.17) is 4.74 Å². The number of fused-ring (bicyclic) bond motifs is 1. The van der Waals surface area contributed by atoms with Gasteiger partial charge in [-0.2, -0.15) is 0 Å². The first-order valence-corrected chi connectivity index (χ1v) is 7.48. The predicted molar refractivity (Wildman–Crippen MR) is 81.1 cm³/mol. The number of hydrogen-bond acceptors (Lipinski definition) is 2. The fourth-order valence-electron chi connectivity index (χ4n) is 2.76. The van der Waals surface area contributed by atoms with Gasteiger partial charge in [-0.05, 0) is 48.4 Å². The monoisotopic (exact) mass is 291 g/mol. The molecule has 1 unspecified atom stereocenters. The van der Waals surface area contributed by atoms with Gasteiger partial charge in [0.1, 0.15) is 6.61 Å². The Balaban J connectivity index is 2.03. The van der Waals surface area contributed by atoms with Gasteiger partial charge in [0.25, 0.3) is 0 Å². The van der Waals surface area contributed by atoms with Gasteiger partial charge in [-0.25, -0.2) is 4.39 Å². The Kier molecular flexibility index (Phi) is 5.37. The molecule has 1 amide bonds. The zero-order chi connectivity index (χ0) is 15.2. The van der Waals surface area contributed by atoms with Crippen LogP contribution in [-0.4, -0.2) is 19.1 Å². The van der Waals surface area contributed by atoms with Crippen molar-refractivity contribution in [3.8, 4) is 5.75 Å². The number of halogens is 1. The lowest BCUT2D eigenvalue weighted by Crippen LogP contribution is -2.24. The minimum atomic E-state index is -0.310. The summed E-state index contributed by atoms with van der Waals surface area (Å²) in [5.74, 6) is 0.417. The second-order valence-corrected chi connectivity index (χ2v) is 5.31. The third-order valence-electron chi connectivity index (χ3n) is 3.89. The molecule has 0 spiro atoms. The van der Waals surface area contributed by atoms with Crippen molar-refractivity contribution in [3.63, 3.8) is 0 Å². The summed E-state index contributed by atoms with van der Waals surface area (Å²) >= 11 is 0. The van der Waals surface area contributed by atoms with E-state index in [1.807, 2.05) is 13.0 Å². The van der Waals surface area contributed by atoms with Gasteiger partial charge in [-0.15, -0.1) is 0 Å². The zero-order valence-corrected chi connectivity index (χ0v) is 12.5. The summed E-state index contributed by atoms with van der Waals surface area (Å²) in [4.78, 5) is 11.3. The Hall–Kier alpha value is -1.84. The molecule has 114 valence electrons. The third kappa shape index (κ3) is 3.84. The van der Waals surface area contributed by atoms with Crippen LogP contribution in [0.3, 0.4) is 0 Å². The van der Waals surface area contributed by atoms with Gasteiger partial charge < -0.3 is 10.1 Å². The molecule has 1 aliphatic carbocycles. The zero-order valence-electron chi connectivity index (χ0n) is 12.5. The van der Waals surface area contributed by atoms with Crippen LogP contribution < -0.4 is 10.1 Å². The third-order valence-corrected chi connectivity index (χ3v) is 3.89. The molecule has 2 rings (SSSR count). The molecule has 0 aliphatic heterocycles. The molecule has 1 N–H and O–H groups in total. The van der Waals surface area contributed by atoms with Crippen molar-refractivity contribution in [1.82, 2.24) is 5.32 Å². The Morgan fingerprint density at radius 1 is 1.57 bits per heavy atom. The van der Waals surface area contributed by atoms with Crippen LogP contribution in [0.1, 0.15) is 43.2 Å². The molecule has 3 nitrogen and oxygen atoms in total. The summed E-state index contributed by atoms with van der Waals surface area (Å²) in [6.45, 7) is 6.37. The van der Waals surface area contributed by atoms with Crippen molar-refractivity contribution < 1.29 is 13.9 Å². The lowest BCUT2D eigenvalue weighted by Gasteiger charge is -2.14. The molecule has 0 fully saturated rings. The molecule has 1 aromatic rings. The number of carbonyl (C=O) groups is 1. The lowest BCUT2D eigenvalue weighted by atomic mass is 9.97. The van der Waals surface area contributed by atoms with Crippen LogP contribution in [0.25, 0.3) is 0 Å². The van der Waals surface area contributed by atoms with Crippen molar-refractivity contribution in [2.75, 3.05) is 13.2 Å². The van der Waals surface area contributed by atoms with E-state index in [2.05, 4.69) is 11.9 Å². The van der Waals surface area contributed by atoms with Gasteiger partial charge in [-0.1, -0.05) is 19.6 Å². The highest BCUT2D eigenvalue weighted by molar-refractivity contribution is 5.75. The average molecular weight is 291 g/mol. The van der Waals surface area contributed by atoms with Crippen molar-refractivity contribution >= 4 is 5.91 Å². The fraction of sp³-hybridized carbons (Fsp3) is 0.471. The molecule has 1 aliphatic rings. The van der Waals surface area contributed by atoms with Crippen LogP contribution in [-0.2, 0) is 11.2 Å². The summed E-state index contributed by atoms with van der Waals surface area (Å²) in [5.41, 5.74) is 2.21. The minimum Gasteiger partial charge on any atom is -0.486 e. The predicted octanol–water partition coefficient (Wildman–Crippen LogP) is 3.34. The van der Waals surface area contributed by atoms with Crippen LogP contribution in [0.5, 0.6) is 5.75 Å². The Labute approximate surface area is 125 Å². The summed E-state index contributed by atoms with van der Waals surface area (Å²) in [5, 5.41) is 2.89. The molecule has 0 saturated carbocycles. The highest BCUT2D eigenvalue weighted by Gasteiger charge is 2.24. The highest BCUT2D eigenvalue weighted by atomic mass is 19.1. The fourth-order valence-corrected chi connectivity index (χ4v) is 2.76. The molecule has 0 radical (unpaired) electrons. The van der Waals surface area contributed by atoms with Crippen molar-refractivity contribution in [1.29, 1.82) is 0 Å². The van der Waals surface area contributed by atoms with E-state index in [-0.39, 0.29) is 17.5 Å². The molecule has 21 heavy (non-hydrogen) atoms. The maximum atomic E-state index is 13.9. The van der Waals surface area contributed by atoms with Gasteiger partial charge in [0.2, 0.25) is 5.91 Å². The number of aryl methyl sites for hydroxylation is 1. The number of hydrogen-bond donors (Lipinski definition) is 1. The largest absolute Gasteiger partial charge is 0.486 e. The molecule has 1 aromatic carbocycles. The minimum absolute atomic E-state index is 0.0716. The van der Waals surface area contributed by atoms with Gasteiger partial charge in [0.15, 0.2) is 11.6 Å². The molecule has 0 heterocycles. The summed E-state index contributed by atoms with van der Waals surface area (Å²) in [7, 11) is 0. The normalized spacial score (nSPS) is 16.4. The van der Waals surface area contributed by atoms with Gasteiger partial charge in [-0.3, -0.25) is 4.79 Å². The summed E-state index contributed by atoms with van der Waals surface area (Å²) in [6.07, 6.45) is 4.88. The highest BCUT2D eigenvalue weighted by Crippen LogP contribution is 2.38. The molecule has 4 heteroatoms. The van der Waals surface area contributed by atoms with Crippen molar-refractivity contribution in [2.24, 2.45) is 0 Å². The van der Waals surface area contributed by atoms with E-state index in [9.17, 15) is 9.18 Å². The summed E-state index contributed by atoms with van der Waals surface area (Å²) < 4.78 is 19.2. The standard InChI is InChI=1S/C17H22FNO2/c1-3-9-21-16-11-14-12(7-8-19-17(20)4-2)5-6-13(14)10-15(16)18/h3,10-12H,1,4-9H2,2H3,(H,19,20). The number of rotatable bonds is 7. The second kappa shape index (κ2) is 7.25. The number of benzene rings is 1. The van der Waals surface area contributed by atoms with Gasteiger partial charge >= 0.3 is 0 Å². The lowest BCUT2D eigenvalue weighted by molar-refractivity contribution is -0.120. The number of nitrogens with one attached hydrogen (secondary N) is 1. The van der Waals surface area contributed by atoms with Crippen LogP contribution >= 0.6 is 0 Å². The SMILES string of the molecule is C=CCOc1cc2c(cc1F)CCC2CCNC(=O)CC. The van der Waals surface area contributed by atoms with E-state index in [1.165, 1.54) is 0 Å². The molecule has 0 aromatic heterocycles. The first-order chi connectivity index (χ1) is 10.2. The van der Waals surface area contributed by atoms with E-state index in [0.29, 0.717) is 25.5 Å². The maximum absolute atomic E-state index is 13.9. The Morgan fingerprint density at radius 2 is 2.38 bits per heavy atom. The second-order valence-electron chi connectivity index (χ2n) is 5.31. The van der Waals surface area contributed by atoms with Gasteiger partial charge in [0.05, 0.1) is 0 Å². The van der Waals surface area contributed by atoms with Crippen molar-refractivity contribution in [3.05, 3.63) is 41.7 Å². The van der Waals surface area contributed by atoms with Crippen LogP contribution in [0.4, 0.5) is 4.39 Å². The number of ether oxygens (including phenoxy) is 1. The van der Waals surface area contributed by atoms with E-state index in [1.54, 1.807) is 12.1 Å². The topological polar surface area (TPSA) is 38.3 Å². The molecule has 1 atom stereocenters. The smallest absolute Gasteiger partial charge is 0.219 e. The van der Waals surface area contributed by atoms with Crippen LogP contribution in [0, 0.1) is 5.82 Å². The first-order valence-electron chi connectivity index (χ1n) is 7.48. The Morgan fingerprint density at radius 3 is 3.10 bits per heavy atom. The Bertz CT molecular complexity index is 528. The van der Waals surface area contributed by atoms with Crippen molar-refractivity contribution in [2.45, 2.75) is 38.5 Å². The number of amides is 1. The first kappa shape index (κ1) is 15.5.